The third-order valence-corrected chi connectivity index (χ3v) is 1.93. The van der Waals surface area contributed by atoms with Gasteiger partial charge < -0.3 is 5.11 Å². The first-order valence-electron chi connectivity index (χ1n) is 3.31. The van der Waals surface area contributed by atoms with Gasteiger partial charge in [-0.2, -0.15) is 0 Å². The average molecular weight is 147 g/mol. The van der Waals surface area contributed by atoms with Crippen molar-refractivity contribution < 1.29 is 5.11 Å². The Morgan fingerprint density at radius 1 is 1.56 bits per heavy atom. The van der Waals surface area contributed by atoms with Crippen molar-refractivity contribution >= 4 is 11.6 Å². The summed E-state index contributed by atoms with van der Waals surface area (Å²) in [6, 6.07) is 0. The van der Waals surface area contributed by atoms with Crippen LogP contribution in [-0.4, -0.2) is 11.2 Å². The van der Waals surface area contributed by atoms with E-state index in [0.717, 1.165) is 30.7 Å². The van der Waals surface area contributed by atoms with Gasteiger partial charge in [0.25, 0.3) is 0 Å². The van der Waals surface area contributed by atoms with E-state index in [4.69, 9.17) is 16.7 Å². The van der Waals surface area contributed by atoms with Crippen molar-refractivity contribution in [3.63, 3.8) is 0 Å². The van der Waals surface area contributed by atoms with Crippen LogP contribution in [0.25, 0.3) is 0 Å². The van der Waals surface area contributed by atoms with Crippen LogP contribution < -0.4 is 0 Å². The zero-order valence-electron chi connectivity index (χ0n) is 5.31. The van der Waals surface area contributed by atoms with E-state index < -0.39 is 0 Å². The predicted molar refractivity (Wildman–Crippen MR) is 38.4 cm³/mol. The normalized spacial score (nSPS) is 29.1. The van der Waals surface area contributed by atoms with Crippen LogP contribution in [0.4, 0.5) is 0 Å². The van der Waals surface area contributed by atoms with Crippen LogP contribution in [0.3, 0.4) is 0 Å². The molecule has 0 aliphatic heterocycles. The monoisotopic (exact) mass is 146 g/mol. The van der Waals surface area contributed by atoms with Crippen molar-refractivity contribution in [1.29, 1.82) is 0 Å². The topological polar surface area (TPSA) is 20.2 Å². The van der Waals surface area contributed by atoms with Crippen LogP contribution in [0.15, 0.2) is 11.1 Å². The van der Waals surface area contributed by atoms with E-state index in [0.29, 0.717) is 0 Å². The molecule has 1 nitrogen and oxygen atoms in total. The van der Waals surface area contributed by atoms with Gasteiger partial charge in [-0.3, -0.25) is 0 Å². The van der Waals surface area contributed by atoms with Crippen LogP contribution in [-0.2, 0) is 0 Å². The molecular weight excluding hydrogens is 136 g/mol. The highest BCUT2D eigenvalue weighted by Gasteiger charge is 2.07. The van der Waals surface area contributed by atoms with Gasteiger partial charge in [0.2, 0.25) is 0 Å². The Kier molecular flexibility index (Phi) is 2.55. The maximum absolute atomic E-state index is 9.11. The van der Waals surface area contributed by atoms with E-state index in [2.05, 4.69) is 0 Å². The van der Waals surface area contributed by atoms with E-state index in [-0.39, 0.29) is 6.10 Å². The molecule has 0 spiro atoms. The Morgan fingerprint density at radius 2 is 2.33 bits per heavy atom. The number of allylic oxidation sites excluding steroid dienone is 2. The van der Waals surface area contributed by atoms with Crippen LogP contribution in [0.1, 0.15) is 25.7 Å². The van der Waals surface area contributed by atoms with Crippen molar-refractivity contribution in [2.45, 2.75) is 31.8 Å². The zero-order valence-corrected chi connectivity index (χ0v) is 6.06. The summed E-state index contributed by atoms with van der Waals surface area (Å²) < 4.78 is 0. The first-order chi connectivity index (χ1) is 4.29. The first-order valence-corrected chi connectivity index (χ1v) is 3.69. The summed E-state index contributed by atoms with van der Waals surface area (Å²) in [4.78, 5) is 0. The highest BCUT2D eigenvalue weighted by atomic mass is 35.5. The molecule has 1 aliphatic carbocycles. The van der Waals surface area contributed by atoms with Gasteiger partial charge >= 0.3 is 0 Å². The molecule has 0 amide bonds. The molecule has 52 valence electrons. The van der Waals surface area contributed by atoms with E-state index in [1.807, 2.05) is 6.08 Å². The summed E-state index contributed by atoms with van der Waals surface area (Å²) in [7, 11) is 0. The summed E-state index contributed by atoms with van der Waals surface area (Å²) >= 11 is 5.74. The third kappa shape index (κ3) is 2.37. The maximum atomic E-state index is 9.11. The molecule has 9 heavy (non-hydrogen) atoms. The lowest BCUT2D eigenvalue weighted by Gasteiger charge is -2.02. The molecule has 0 heterocycles. The van der Waals surface area contributed by atoms with Crippen LogP contribution in [0, 0.1) is 0 Å². The lowest BCUT2D eigenvalue weighted by molar-refractivity contribution is 0.159. The Labute approximate surface area is 60.3 Å². The molecule has 0 aromatic rings. The van der Waals surface area contributed by atoms with Gasteiger partial charge in [-0.05, 0) is 25.7 Å². The van der Waals surface area contributed by atoms with Crippen molar-refractivity contribution in [2.75, 3.05) is 0 Å². The Morgan fingerprint density at radius 3 is 3.11 bits per heavy atom. The molecule has 0 aromatic heterocycles. The average Bonchev–Trinajstić information content (AvgIpc) is 1.97. The lowest BCUT2D eigenvalue weighted by Crippen LogP contribution is -2.02. The summed E-state index contributed by atoms with van der Waals surface area (Å²) in [5, 5.41) is 10.0. The van der Waals surface area contributed by atoms with Crippen LogP contribution >= 0.6 is 11.6 Å². The quantitative estimate of drug-likeness (QED) is 0.555. The van der Waals surface area contributed by atoms with Gasteiger partial charge in [-0.25, -0.2) is 0 Å². The number of halogens is 1. The number of rotatable bonds is 0. The number of hydrogen-bond donors (Lipinski definition) is 1. The molecule has 1 rings (SSSR count). The molecule has 0 radical (unpaired) electrons. The second-order valence-electron chi connectivity index (χ2n) is 2.42. The molecule has 1 aliphatic rings. The van der Waals surface area contributed by atoms with E-state index in [1.54, 1.807) is 0 Å². The van der Waals surface area contributed by atoms with Gasteiger partial charge in [0.05, 0.1) is 6.10 Å². The Balaban J connectivity index is 2.39. The predicted octanol–water partition coefficient (Wildman–Crippen LogP) is 2.04. The summed E-state index contributed by atoms with van der Waals surface area (Å²) in [6.07, 6.45) is 5.35. The molecule has 0 fully saturated rings. The minimum Gasteiger partial charge on any atom is -0.393 e. The molecule has 0 bridgehead atoms. The molecule has 0 saturated carbocycles. The standard InChI is InChI=1S/C7H11ClO/c8-6-2-1-3-7(9)5-4-6/h2,7,9H,1,3-5H2. The second kappa shape index (κ2) is 3.23. The smallest absolute Gasteiger partial charge is 0.0546 e. The van der Waals surface area contributed by atoms with E-state index >= 15 is 0 Å². The fourth-order valence-electron chi connectivity index (χ4n) is 0.983. The van der Waals surface area contributed by atoms with Crippen LogP contribution in [0.2, 0.25) is 0 Å². The van der Waals surface area contributed by atoms with E-state index in [9.17, 15) is 0 Å². The summed E-state index contributed by atoms with van der Waals surface area (Å²) in [5.74, 6) is 0. The Bertz CT molecular complexity index is 120. The number of hydrogen-bond acceptors (Lipinski definition) is 1. The molecule has 1 atom stereocenters. The summed E-state index contributed by atoms with van der Waals surface area (Å²) in [5.41, 5.74) is 0. The minimum absolute atomic E-state index is 0.127. The summed E-state index contributed by atoms with van der Waals surface area (Å²) in [6.45, 7) is 0. The van der Waals surface area contributed by atoms with Crippen LogP contribution in [0.5, 0.6) is 0 Å². The highest BCUT2D eigenvalue weighted by molar-refractivity contribution is 6.29. The molecule has 1 unspecified atom stereocenters. The molecule has 2 heteroatoms. The molecular formula is C7H11ClO. The fraction of sp³-hybridized carbons (Fsp3) is 0.714. The van der Waals surface area contributed by atoms with E-state index in [1.165, 1.54) is 0 Å². The second-order valence-corrected chi connectivity index (χ2v) is 2.91. The number of aliphatic hydroxyl groups is 1. The lowest BCUT2D eigenvalue weighted by atomic mass is 10.1. The number of aliphatic hydroxyl groups excluding tert-OH is 1. The third-order valence-electron chi connectivity index (χ3n) is 1.58. The van der Waals surface area contributed by atoms with Crippen molar-refractivity contribution in [2.24, 2.45) is 0 Å². The Hall–Kier alpha value is -0.0100. The largest absolute Gasteiger partial charge is 0.393 e. The van der Waals surface area contributed by atoms with Gasteiger partial charge in [0.15, 0.2) is 0 Å². The zero-order chi connectivity index (χ0) is 6.69. The molecule has 0 saturated heterocycles. The highest BCUT2D eigenvalue weighted by Crippen LogP contribution is 2.19. The van der Waals surface area contributed by atoms with Crippen molar-refractivity contribution in [1.82, 2.24) is 0 Å². The first kappa shape index (κ1) is 7.10. The fourth-order valence-corrected chi connectivity index (χ4v) is 1.20. The van der Waals surface area contributed by atoms with Gasteiger partial charge in [-0.15, -0.1) is 0 Å². The SMILES string of the molecule is OC1CCC=C(Cl)CC1. The molecule has 1 N–H and O–H groups in total. The minimum atomic E-state index is -0.127. The van der Waals surface area contributed by atoms with Crippen molar-refractivity contribution in [3.05, 3.63) is 11.1 Å². The molecule has 0 aromatic carbocycles. The van der Waals surface area contributed by atoms with Gasteiger partial charge in [0, 0.05) is 5.03 Å². The van der Waals surface area contributed by atoms with Crippen molar-refractivity contribution in [3.8, 4) is 0 Å². The van der Waals surface area contributed by atoms with Gasteiger partial charge in [0.1, 0.15) is 0 Å². The van der Waals surface area contributed by atoms with Gasteiger partial charge in [-0.1, -0.05) is 17.7 Å². The maximum Gasteiger partial charge on any atom is 0.0546 e.